The highest BCUT2D eigenvalue weighted by molar-refractivity contribution is 6.74. The molecule has 0 aliphatic rings. The standard InChI is InChI=1S/C17H31NO3Si/c1-17(2,3)22(6,7)21-11-10-18-13-14-8-9-15(19-4)12-16(14)20-5/h8-9,12,18H,10-11,13H2,1-7H3. The van der Waals surface area contributed by atoms with E-state index in [0.717, 1.165) is 36.8 Å². The molecule has 0 amide bonds. The molecule has 1 rings (SSSR count). The molecule has 0 atom stereocenters. The second kappa shape index (κ2) is 7.99. The molecule has 0 saturated heterocycles. The first-order valence-electron chi connectivity index (χ1n) is 7.77. The van der Waals surface area contributed by atoms with Gasteiger partial charge in [0.25, 0.3) is 0 Å². The molecule has 0 fully saturated rings. The van der Waals surface area contributed by atoms with Gasteiger partial charge in [0.2, 0.25) is 0 Å². The maximum atomic E-state index is 6.15. The number of benzene rings is 1. The normalized spacial score (nSPS) is 12.3. The van der Waals surface area contributed by atoms with Crippen LogP contribution in [0, 0.1) is 0 Å². The number of rotatable bonds is 8. The lowest BCUT2D eigenvalue weighted by Gasteiger charge is -2.36. The Balaban J connectivity index is 2.42. The fourth-order valence-electron chi connectivity index (χ4n) is 1.82. The van der Waals surface area contributed by atoms with Crippen LogP contribution in [0.15, 0.2) is 18.2 Å². The van der Waals surface area contributed by atoms with Crippen molar-refractivity contribution in [1.29, 1.82) is 0 Å². The SMILES string of the molecule is COc1ccc(CNCCO[Si](C)(C)C(C)(C)C)c(OC)c1. The summed E-state index contributed by atoms with van der Waals surface area (Å²) in [6, 6.07) is 5.88. The molecule has 0 spiro atoms. The maximum absolute atomic E-state index is 6.15. The van der Waals surface area contributed by atoms with Crippen LogP contribution in [-0.2, 0) is 11.0 Å². The van der Waals surface area contributed by atoms with Gasteiger partial charge in [0.1, 0.15) is 11.5 Å². The number of nitrogens with one attached hydrogen (secondary N) is 1. The Hall–Kier alpha value is -1.04. The quantitative estimate of drug-likeness (QED) is 0.583. The van der Waals surface area contributed by atoms with Crippen molar-refractivity contribution in [3.05, 3.63) is 23.8 Å². The highest BCUT2D eigenvalue weighted by atomic mass is 28.4. The van der Waals surface area contributed by atoms with Crippen molar-refractivity contribution in [2.24, 2.45) is 0 Å². The van der Waals surface area contributed by atoms with Crippen LogP contribution in [-0.4, -0.2) is 35.7 Å². The molecule has 0 aliphatic heterocycles. The van der Waals surface area contributed by atoms with Gasteiger partial charge in [0.15, 0.2) is 8.32 Å². The van der Waals surface area contributed by atoms with Crippen molar-refractivity contribution in [3.63, 3.8) is 0 Å². The molecule has 22 heavy (non-hydrogen) atoms. The summed E-state index contributed by atoms with van der Waals surface area (Å²) in [5, 5.41) is 3.67. The van der Waals surface area contributed by atoms with E-state index in [9.17, 15) is 0 Å². The van der Waals surface area contributed by atoms with E-state index in [1.54, 1.807) is 14.2 Å². The zero-order chi connectivity index (χ0) is 16.8. The smallest absolute Gasteiger partial charge is 0.192 e. The summed E-state index contributed by atoms with van der Waals surface area (Å²) in [5.74, 6) is 1.65. The van der Waals surface area contributed by atoms with Gasteiger partial charge in [-0.05, 0) is 24.2 Å². The topological polar surface area (TPSA) is 39.7 Å². The largest absolute Gasteiger partial charge is 0.497 e. The first kappa shape index (κ1) is 19.0. The fraction of sp³-hybridized carbons (Fsp3) is 0.647. The van der Waals surface area contributed by atoms with Gasteiger partial charge < -0.3 is 19.2 Å². The molecule has 0 heterocycles. The lowest BCUT2D eigenvalue weighted by molar-refractivity contribution is 0.285. The third-order valence-corrected chi connectivity index (χ3v) is 8.90. The lowest BCUT2D eigenvalue weighted by atomic mass is 10.2. The minimum absolute atomic E-state index is 0.256. The van der Waals surface area contributed by atoms with Gasteiger partial charge >= 0.3 is 0 Å². The Morgan fingerprint density at radius 2 is 1.77 bits per heavy atom. The number of methoxy groups -OCH3 is 2. The molecule has 1 aromatic carbocycles. The molecule has 0 aliphatic carbocycles. The van der Waals surface area contributed by atoms with E-state index in [4.69, 9.17) is 13.9 Å². The Bertz CT molecular complexity index is 469. The summed E-state index contributed by atoms with van der Waals surface area (Å²) in [4.78, 5) is 0. The summed E-state index contributed by atoms with van der Waals surface area (Å²) in [6.07, 6.45) is 0. The van der Waals surface area contributed by atoms with Crippen LogP contribution in [0.4, 0.5) is 0 Å². The van der Waals surface area contributed by atoms with Crippen LogP contribution < -0.4 is 14.8 Å². The van der Waals surface area contributed by atoms with Gasteiger partial charge in [0.05, 0.1) is 14.2 Å². The second-order valence-corrected chi connectivity index (χ2v) is 11.8. The Labute approximate surface area is 136 Å². The molecular formula is C17H31NO3Si. The van der Waals surface area contributed by atoms with Gasteiger partial charge in [-0.3, -0.25) is 0 Å². The Morgan fingerprint density at radius 3 is 2.32 bits per heavy atom. The predicted molar refractivity (Wildman–Crippen MR) is 94.4 cm³/mol. The third kappa shape index (κ3) is 5.30. The third-order valence-electron chi connectivity index (χ3n) is 4.36. The van der Waals surface area contributed by atoms with Gasteiger partial charge in [-0.1, -0.05) is 26.8 Å². The van der Waals surface area contributed by atoms with Crippen molar-refractivity contribution in [2.45, 2.75) is 45.4 Å². The molecule has 4 nitrogen and oxygen atoms in total. The summed E-state index contributed by atoms with van der Waals surface area (Å²) in [7, 11) is 1.69. The molecule has 1 aromatic rings. The summed E-state index contributed by atoms with van der Waals surface area (Å²) < 4.78 is 16.8. The highest BCUT2D eigenvalue weighted by Gasteiger charge is 2.36. The van der Waals surface area contributed by atoms with Crippen molar-refractivity contribution >= 4 is 8.32 Å². The van der Waals surface area contributed by atoms with Crippen molar-refractivity contribution < 1.29 is 13.9 Å². The van der Waals surface area contributed by atoms with Gasteiger partial charge in [0, 0.05) is 31.3 Å². The molecule has 0 aromatic heterocycles. The van der Waals surface area contributed by atoms with Crippen molar-refractivity contribution in [1.82, 2.24) is 5.32 Å². The first-order valence-corrected chi connectivity index (χ1v) is 10.7. The molecule has 0 unspecified atom stereocenters. The molecule has 1 N–H and O–H groups in total. The van der Waals surface area contributed by atoms with E-state index in [1.807, 2.05) is 18.2 Å². The van der Waals surface area contributed by atoms with Crippen LogP contribution in [0.25, 0.3) is 0 Å². The monoisotopic (exact) mass is 325 g/mol. The molecule has 126 valence electrons. The Morgan fingerprint density at radius 1 is 1.09 bits per heavy atom. The molecule has 5 heteroatoms. The molecular weight excluding hydrogens is 294 g/mol. The minimum Gasteiger partial charge on any atom is -0.497 e. The highest BCUT2D eigenvalue weighted by Crippen LogP contribution is 2.36. The van der Waals surface area contributed by atoms with Crippen molar-refractivity contribution in [2.75, 3.05) is 27.4 Å². The average Bonchev–Trinajstić information content (AvgIpc) is 2.45. The average molecular weight is 326 g/mol. The van der Waals surface area contributed by atoms with E-state index >= 15 is 0 Å². The van der Waals surface area contributed by atoms with Gasteiger partial charge in [-0.2, -0.15) is 0 Å². The summed E-state index contributed by atoms with van der Waals surface area (Å²) >= 11 is 0. The van der Waals surface area contributed by atoms with E-state index < -0.39 is 8.32 Å². The van der Waals surface area contributed by atoms with E-state index in [0.29, 0.717) is 0 Å². The molecule has 0 saturated carbocycles. The fourth-order valence-corrected chi connectivity index (χ4v) is 2.86. The van der Waals surface area contributed by atoms with Gasteiger partial charge in [-0.15, -0.1) is 0 Å². The Kier molecular flexibility index (Phi) is 6.90. The van der Waals surface area contributed by atoms with Crippen LogP contribution in [0.1, 0.15) is 26.3 Å². The lowest BCUT2D eigenvalue weighted by Crippen LogP contribution is -2.42. The molecule has 0 radical (unpaired) electrons. The van der Waals surface area contributed by atoms with Crippen LogP contribution >= 0.6 is 0 Å². The zero-order valence-electron chi connectivity index (χ0n) is 15.1. The van der Waals surface area contributed by atoms with Crippen LogP contribution in [0.3, 0.4) is 0 Å². The van der Waals surface area contributed by atoms with Crippen molar-refractivity contribution in [3.8, 4) is 11.5 Å². The second-order valence-electron chi connectivity index (χ2n) is 6.96. The summed E-state index contributed by atoms with van der Waals surface area (Å²) in [6.45, 7) is 13.7. The minimum atomic E-state index is -1.65. The molecule has 0 bridgehead atoms. The van der Waals surface area contributed by atoms with E-state index in [-0.39, 0.29) is 5.04 Å². The van der Waals surface area contributed by atoms with Gasteiger partial charge in [-0.25, -0.2) is 0 Å². The van der Waals surface area contributed by atoms with Crippen LogP contribution in [0.2, 0.25) is 18.1 Å². The predicted octanol–water partition coefficient (Wildman–Crippen LogP) is 3.82. The van der Waals surface area contributed by atoms with Crippen LogP contribution in [0.5, 0.6) is 11.5 Å². The number of hydrogen-bond donors (Lipinski definition) is 1. The number of ether oxygens (including phenoxy) is 2. The number of hydrogen-bond acceptors (Lipinski definition) is 4. The van der Waals surface area contributed by atoms with E-state index in [1.165, 1.54) is 0 Å². The zero-order valence-corrected chi connectivity index (χ0v) is 16.1. The summed E-state index contributed by atoms with van der Waals surface area (Å²) in [5.41, 5.74) is 1.12. The maximum Gasteiger partial charge on any atom is 0.192 e. The first-order chi connectivity index (χ1) is 10.2. The van der Waals surface area contributed by atoms with E-state index in [2.05, 4.69) is 39.2 Å².